The summed E-state index contributed by atoms with van der Waals surface area (Å²) in [7, 11) is 0. The fourth-order valence-electron chi connectivity index (χ4n) is 2.55. The quantitative estimate of drug-likeness (QED) is 0.803. The molecule has 0 bridgehead atoms. The molecule has 0 unspecified atom stereocenters. The lowest BCUT2D eigenvalue weighted by atomic mass is 9.95. The molecule has 0 atom stereocenters. The molecule has 5 nitrogen and oxygen atoms in total. The second-order valence-electron chi connectivity index (χ2n) is 5.44. The van der Waals surface area contributed by atoms with Gasteiger partial charge in [-0.1, -0.05) is 0 Å². The normalized spacial score (nSPS) is 15.6. The Hall–Kier alpha value is -1.95. The summed E-state index contributed by atoms with van der Waals surface area (Å²) in [5.74, 6) is -0.591. The van der Waals surface area contributed by atoms with E-state index in [2.05, 4.69) is 5.32 Å². The molecular weight excluding hydrogens is 287 g/mol. The van der Waals surface area contributed by atoms with E-state index in [1.54, 1.807) is 4.90 Å². The first-order chi connectivity index (χ1) is 10.6. The summed E-state index contributed by atoms with van der Waals surface area (Å²) in [5.41, 5.74) is 0.465. The largest absolute Gasteiger partial charge is 0.396 e. The van der Waals surface area contributed by atoms with Crippen LogP contribution in [0.3, 0.4) is 0 Å². The Kier molecular flexibility index (Phi) is 5.89. The number of halogens is 1. The van der Waals surface area contributed by atoms with Gasteiger partial charge in [0.2, 0.25) is 5.91 Å². The van der Waals surface area contributed by atoms with Crippen molar-refractivity contribution < 1.29 is 19.1 Å². The summed E-state index contributed by atoms with van der Waals surface area (Å²) in [5, 5.41) is 11.5. The number of aliphatic hydroxyl groups excluding tert-OH is 1. The number of nitrogens with zero attached hydrogens (tertiary/aromatic N) is 1. The average molecular weight is 308 g/mol. The van der Waals surface area contributed by atoms with E-state index in [9.17, 15) is 14.0 Å². The monoisotopic (exact) mass is 308 g/mol. The van der Waals surface area contributed by atoms with E-state index in [4.69, 9.17) is 5.11 Å². The molecule has 1 aliphatic rings. The van der Waals surface area contributed by atoms with Gasteiger partial charge in [0, 0.05) is 37.7 Å². The lowest BCUT2D eigenvalue weighted by Crippen LogP contribution is -2.43. The van der Waals surface area contributed by atoms with Crippen LogP contribution >= 0.6 is 0 Å². The number of hydrogen-bond acceptors (Lipinski definition) is 3. The van der Waals surface area contributed by atoms with E-state index < -0.39 is 0 Å². The number of piperidine rings is 1. The highest BCUT2D eigenvalue weighted by atomic mass is 19.1. The lowest BCUT2D eigenvalue weighted by molar-refractivity contribution is -0.126. The van der Waals surface area contributed by atoms with Crippen molar-refractivity contribution in [3.63, 3.8) is 0 Å². The van der Waals surface area contributed by atoms with Crippen molar-refractivity contribution in [1.82, 2.24) is 10.2 Å². The van der Waals surface area contributed by atoms with Crippen LogP contribution in [0.5, 0.6) is 0 Å². The van der Waals surface area contributed by atoms with Crippen LogP contribution in [0.1, 0.15) is 29.6 Å². The van der Waals surface area contributed by atoms with E-state index in [0.29, 0.717) is 44.5 Å². The molecule has 0 aliphatic carbocycles. The van der Waals surface area contributed by atoms with Crippen LogP contribution < -0.4 is 5.32 Å². The SMILES string of the molecule is O=C(NCCCO)C1CCN(C(=O)c2ccc(F)cc2)CC1. The van der Waals surface area contributed by atoms with Crippen LogP contribution in [0, 0.1) is 11.7 Å². The molecule has 1 aromatic carbocycles. The number of aliphatic hydroxyl groups is 1. The van der Waals surface area contributed by atoms with Gasteiger partial charge in [-0.05, 0) is 43.5 Å². The van der Waals surface area contributed by atoms with E-state index >= 15 is 0 Å². The van der Waals surface area contributed by atoms with Gasteiger partial charge >= 0.3 is 0 Å². The maximum atomic E-state index is 12.9. The minimum absolute atomic E-state index is 0.0117. The summed E-state index contributed by atoms with van der Waals surface area (Å²) in [6.07, 6.45) is 1.80. The van der Waals surface area contributed by atoms with E-state index in [0.717, 1.165) is 0 Å². The summed E-state index contributed by atoms with van der Waals surface area (Å²) in [4.78, 5) is 25.9. The molecule has 1 fully saturated rings. The Morgan fingerprint density at radius 2 is 1.86 bits per heavy atom. The third-order valence-electron chi connectivity index (χ3n) is 3.88. The Bertz CT molecular complexity index is 511. The van der Waals surface area contributed by atoms with Crippen molar-refractivity contribution in [2.45, 2.75) is 19.3 Å². The Morgan fingerprint density at radius 3 is 2.45 bits per heavy atom. The predicted octanol–water partition coefficient (Wildman–Crippen LogP) is 1.18. The van der Waals surface area contributed by atoms with Gasteiger partial charge in [-0.25, -0.2) is 4.39 Å². The number of carbonyl (C=O) groups is 2. The Morgan fingerprint density at radius 1 is 1.23 bits per heavy atom. The highest BCUT2D eigenvalue weighted by Gasteiger charge is 2.27. The van der Waals surface area contributed by atoms with Crippen molar-refractivity contribution >= 4 is 11.8 Å². The van der Waals surface area contributed by atoms with Gasteiger partial charge < -0.3 is 15.3 Å². The first kappa shape index (κ1) is 16.4. The molecule has 1 heterocycles. The minimum atomic E-state index is -0.366. The third-order valence-corrected chi connectivity index (χ3v) is 3.88. The van der Waals surface area contributed by atoms with E-state index in [1.807, 2.05) is 0 Å². The summed E-state index contributed by atoms with van der Waals surface area (Å²) in [6, 6.07) is 5.50. The molecule has 2 rings (SSSR count). The van der Waals surface area contributed by atoms with Crippen LogP contribution in [0.15, 0.2) is 24.3 Å². The van der Waals surface area contributed by atoms with Crippen molar-refractivity contribution in [1.29, 1.82) is 0 Å². The Labute approximate surface area is 129 Å². The molecule has 22 heavy (non-hydrogen) atoms. The summed E-state index contributed by atoms with van der Waals surface area (Å²) >= 11 is 0. The number of amides is 2. The summed E-state index contributed by atoms with van der Waals surface area (Å²) < 4.78 is 12.9. The van der Waals surface area contributed by atoms with Gasteiger partial charge in [-0.3, -0.25) is 9.59 Å². The molecule has 6 heteroatoms. The molecule has 1 saturated heterocycles. The number of likely N-dealkylation sites (tertiary alicyclic amines) is 1. The van der Waals surface area contributed by atoms with Crippen LogP contribution in [0.25, 0.3) is 0 Å². The van der Waals surface area contributed by atoms with Crippen molar-refractivity contribution in [3.05, 3.63) is 35.6 Å². The molecule has 1 aromatic rings. The van der Waals surface area contributed by atoms with Crippen molar-refractivity contribution in [2.24, 2.45) is 5.92 Å². The number of rotatable bonds is 5. The van der Waals surface area contributed by atoms with Gasteiger partial charge in [-0.15, -0.1) is 0 Å². The van der Waals surface area contributed by atoms with Crippen molar-refractivity contribution in [3.8, 4) is 0 Å². The molecule has 0 saturated carbocycles. The highest BCUT2D eigenvalue weighted by Crippen LogP contribution is 2.19. The fourth-order valence-corrected chi connectivity index (χ4v) is 2.55. The molecule has 0 spiro atoms. The zero-order valence-electron chi connectivity index (χ0n) is 12.4. The van der Waals surface area contributed by atoms with E-state index in [1.165, 1.54) is 24.3 Å². The zero-order chi connectivity index (χ0) is 15.9. The molecule has 0 radical (unpaired) electrons. The number of benzene rings is 1. The molecule has 2 amide bonds. The van der Waals surface area contributed by atoms with Gasteiger partial charge in [0.05, 0.1) is 0 Å². The van der Waals surface area contributed by atoms with Crippen LogP contribution in [0.4, 0.5) is 4.39 Å². The van der Waals surface area contributed by atoms with Gasteiger partial charge in [0.1, 0.15) is 5.82 Å². The highest BCUT2D eigenvalue weighted by molar-refractivity contribution is 5.94. The van der Waals surface area contributed by atoms with Crippen LogP contribution in [-0.4, -0.2) is 48.1 Å². The topological polar surface area (TPSA) is 69.6 Å². The van der Waals surface area contributed by atoms with Crippen LogP contribution in [-0.2, 0) is 4.79 Å². The molecule has 2 N–H and O–H groups in total. The Balaban J connectivity index is 1.82. The van der Waals surface area contributed by atoms with Crippen molar-refractivity contribution in [2.75, 3.05) is 26.2 Å². The standard InChI is InChI=1S/C16H21FN2O3/c17-14-4-2-13(3-5-14)16(22)19-9-6-12(7-10-19)15(21)18-8-1-11-20/h2-5,12,20H,1,6-11H2,(H,18,21). The molecule has 120 valence electrons. The lowest BCUT2D eigenvalue weighted by Gasteiger charge is -2.31. The van der Waals surface area contributed by atoms with Gasteiger partial charge in [-0.2, -0.15) is 0 Å². The second kappa shape index (κ2) is 7.89. The number of nitrogens with one attached hydrogen (secondary N) is 1. The van der Waals surface area contributed by atoms with Gasteiger partial charge in [0.25, 0.3) is 5.91 Å². The van der Waals surface area contributed by atoms with Crippen LogP contribution in [0.2, 0.25) is 0 Å². The van der Waals surface area contributed by atoms with Gasteiger partial charge in [0.15, 0.2) is 0 Å². The third kappa shape index (κ3) is 4.27. The number of carbonyl (C=O) groups excluding carboxylic acids is 2. The zero-order valence-corrected chi connectivity index (χ0v) is 12.4. The maximum Gasteiger partial charge on any atom is 0.253 e. The fraction of sp³-hybridized carbons (Fsp3) is 0.500. The maximum absolute atomic E-state index is 12.9. The molecule has 0 aromatic heterocycles. The smallest absolute Gasteiger partial charge is 0.253 e. The minimum Gasteiger partial charge on any atom is -0.396 e. The average Bonchev–Trinajstić information content (AvgIpc) is 2.55. The van der Waals surface area contributed by atoms with E-state index in [-0.39, 0.29) is 30.2 Å². The predicted molar refractivity (Wildman–Crippen MR) is 79.7 cm³/mol. The second-order valence-corrected chi connectivity index (χ2v) is 5.44. The summed E-state index contributed by atoms with van der Waals surface area (Å²) in [6.45, 7) is 1.58. The molecular formula is C16H21FN2O3. The number of hydrogen-bond donors (Lipinski definition) is 2. The molecule has 1 aliphatic heterocycles. The first-order valence-electron chi connectivity index (χ1n) is 7.55. The first-order valence-corrected chi connectivity index (χ1v) is 7.55.